The van der Waals surface area contributed by atoms with Crippen LogP contribution in [0.2, 0.25) is 0 Å². The van der Waals surface area contributed by atoms with E-state index in [1.807, 2.05) is 12.3 Å². The fourth-order valence-electron chi connectivity index (χ4n) is 4.19. The van der Waals surface area contributed by atoms with E-state index in [4.69, 9.17) is 5.73 Å². The van der Waals surface area contributed by atoms with Gasteiger partial charge in [-0.3, -0.25) is 9.59 Å². The number of amides is 2. The first-order chi connectivity index (χ1) is 13.1. The number of nitrogens with two attached hydrogens (primary N) is 1. The molecule has 2 amide bonds. The second kappa shape index (κ2) is 7.51. The van der Waals surface area contributed by atoms with Gasteiger partial charge in [-0.05, 0) is 37.9 Å². The summed E-state index contributed by atoms with van der Waals surface area (Å²) in [4.78, 5) is 38.2. The average Bonchev–Trinajstić information content (AvgIpc) is 3.39. The van der Waals surface area contributed by atoms with Crippen LogP contribution in [0.4, 0.5) is 5.82 Å². The van der Waals surface area contributed by atoms with E-state index in [0.29, 0.717) is 6.54 Å². The summed E-state index contributed by atoms with van der Waals surface area (Å²) >= 11 is 0. The van der Waals surface area contributed by atoms with Gasteiger partial charge in [0, 0.05) is 31.7 Å². The number of anilines is 1. The Balaban J connectivity index is 1.36. The first-order valence-electron chi connectivity index (χ1n) is 9.44. The quantitative estimate of drug-likeness (QED) is 0.554. The average molecular weight is 371 g/mol. The second-order valence-corrected chi connectivity index (χ2v) is 7.40. The van der Waals surface area contributed by atoms with E-state index in [0.717, 1.165) is 49.3 Å². The van der Waals surface area contributed by atoms with Gasteiger partial charge < -0.3 is 26.3 Å². The molecule has 3 atom stereocenters. The zero-order valence-corrected chi connectivity index (χ0v) is 15.1. The molecule has 27 heavy (non-hydrogen) atoms. The Bertz CT molecular complexity index is 830. The van der Waals surface area contributed by atoms with E-state index in [-0.39, 0.29) is 30.2 Å². The highest BCUT2D eigenvalue weighted by Crippen LogP contribution is 2.26. The molecule has 2 aliphatic rings. The Labute approximate surface area is 157 Å². The zero-order chi connectivity index (χ0) is 18.8. The van der Waals surface area contributed by atoms with Crippen LogP contribution in [0.15, 0.2) is 18.6 Å². The number of carbonyl (C=O) groups excluding carboxylic acids is 2. The molecule has 2 fully saturated rings. The molecule has 144 valence electrons. The lowest BCUT2D eigenvalue weighted by Crippen LogP contribution is -2.41. The summed E-state index contributed by atoms with van der Waals surface area (Å²) in [7, 11) is 0. The second-order valence-electron chi connectivity index (χ2n) is 7.40. The van der Waals surface area contributed by atoms with Gasteiger partial charge in [0.1, 0.15) is 17.8 Å². The van der Waals surface area contributed by atoms with Crippen LogP contribution in [0, 0.1) is 11.8 Å². The van der Waals surface area contributed by atoms with Gasteiger partial charge in [0.15, 0.2) is 0 Å². The molecular weight excluding hydrogens is 346 g/mol. The van der Waals surface area contributed by atoms with Gasteiger partial charge in [-0.15, -0.1) is 0 Å². The number of rotatable bonds is 6. The van der Waals surface area contributed by atoms with Gasteiger partial charge in [0.25, 0.3) is 0 Å². The van der Waals surface area contributed by atoms with Gasteiger partial charge in [0.05, 0.1) is 11.3 Å². The third-order valence-electron chi connectivity index (χ3n) is 5.62. The summed E-state index contributed by atoms with van der Waals surface area (Å²) in [5, 5.41) is 7.28. The van der Waals surface area contributed by atoms with Crippen LogP contribution in [0.25, 0.3) is 11.0 Å². The molecule has 0 spiro atoms. The van der Waals surface area contributed by atoms with Crippen molar-refractivity contribution in [3.63, 3.8) is 0 Å². The minimum Gasteiger partial charge on any atom is -0.369 e. The van der Waals surface area contributed by atoms with Gasteiger partial charge in [-0.1, -0.05) is 0 Å². The molecule has 2 saturated heterocycles. The number of carbonyl (C=O) groups is 2. The molecule has 5 N–H and O–H groups in total. The van der Waals surface area contributed by atoms with Crippen LogP contribution in [-0.4, -0.2) is 59.0 Å². The predicted molar refractivity (Wildman–Crippen MR) is 101 cm³/mol. The third kappa shape index (κ3) is 3.73. The van der Waals surface area contributed by atoms with Crippen molar-refractivity contribution in [2.75, 3.05) is 31.1 Å². The SMILES string of the molecule is NC(=O)C(CC(=O)NC1CCN(c2ncnc3[nH]ccc23)C1)C1CCNC1. The number of nitrogens with zero attached hydrogens (tertiary/aromatic N) is 3. The van der Waals surface area contributed by atoms with Crippen molar-refractivity contribution < 1.29 is 9.59 Å². The standard InChI is InChI=1S/C18H25N7O2/c19-16(27)14(11-1-4-20-8-11)7-15(26)24-12-3-6-25(9-12)18-13-2-5-21-17(13)22-10-23-18/h2,5,10-12,14,20H,1,3-4,6-9H2,(H2,19,27)(H,24,26)(H,21,22,23). The van der Waals surface area contributed by atoms with Gasteiger partial charge in [-0.25, -0.2) is 9.97 Å². The number of aromatic amines is 1. The lowest BCUT2D eigenvalue weighted by atomic mass is 9.88. The van der Waals surface area contributed by atoms with Crippen molar-refractivity contribution >= 4 is 28.7 Å². The summed E-state index contributed by atoms with van der Waals surface area (Å²) in [5.74, 6) is 0.134. The fourth-order valence-corrected chi connectivity index (χ4v) is 4.19. The van der Waals surface area contributed by atoms with Crippen molar-refractivity contribution in [3.05, 3.63) is 18.6 Å². The highest BCUT2D eigenvalue weighted by molar-refractivity contribution is 5.88. The largest absolute Gasteiger partial charge is 0.369 e. The Hall–Kier alpha value is -2.68. The number of aromatic nitrogens is 3. The summed E-state index contributed by atoms with van der Waals surface area (Å²) in [5.41, 5.74) is 6.35. The summed E-state index contributed by atoms with van der Waals surface area (Å²) in [6, 6.07) is 2.00. The highest BCUT2D eigenvalue weighted by atomic mass is 16.2. The Morgan fingerprint density at radius 2 is 2.26 bits per heavy atom. The molecule has 4 heterocycles. The number of hydrogen-bond acceptors (Lipinski definition) is 6. The number of primary amides is 1. The van der Waals surface area contributed by atoms with Crippen LogP contribution in [-0.2, 0) is 9.59 Å². The molecule has 0 bridgehead atoms. The molecule has 9 nitrogen and oxygen atoms in total. The number of hydrogen-bond donors (Lipinski definition) is 4. The molecule has 2 aliphatic heterocycles. The first kappa shape index (κ1) is 17.7. The van der Waals surface area contributed by atoms with Crippen molar-refractivity contribution in [1.82, 2.24) is 25.6 Å². The number of nitrogens with one attached hydrogen (secondary N) is 3. The van der Waals surface area contributed by atoms with Crippen molar-refractivity contribution in [2.24, 2.45) is 17.6 Å². The number of H-pyrrole nitrogens is 1. The first-order valence-corrected chi connectivity index (χ1v) is 9.44. The normalized spacial score (nSPS) is 23.6. The minimum absolute atomic E-state index is 0.0386. The van der Waals surface area contributed by atoms with Crippen LogP contribution < -0.4 is 21.3 Å². The van der Waals surface area contributed by atoms with E-state index >= 15 is 0 Å². The smallest absolute Gasteiger partial charge is 0.221 e. The topological polar surface area (TPSA) is 129 Å². The van der Waals surface area contributed by atoms with E-state index in [9.17, 15) is 9.59 Å². The van der Waals surface area contributed by atoms with Crippen LogP contribution in [0.3, 0.4) is 0 Å². The van der Waals surface area contributed by atoms with E-state index in [2.05, 4.69) is 30.5 Å². The molecule has 0 aliphatic carbocycles. The molecule has 0 aromatic carbocycles. The highest BCUT2D eigenvalue weighted by Gasteiger charge is 2.32. The maximum absolute atomic E-state index is 12.5. The van der Waals surface area contributed by atoms with Gasteiger partial charge in [-0.2, -0.15) is 0 Å². The molecule has 0 saturated carbocycles. The molecule has 4 rings (SSSR count). The molecular formula is C18H25N7O2. The van der Waals surface area contributed by atoms with Crippen LogP contribution in [0.1, 0.15) is 19.3 Å². The molecule has 2 aromatic heterocycles. The maximum atomic E-state index is 12.5. The monoisotopic (exact) mass is 371 g/mol. The van der Waals surface area contributed by atoms with E-state index in [1.54, 1.807) is 6.33 Å². The fraction of sp³-hybridized carbons (Fsp3) is 0.556. The lowest BCUT2D eigenvalue weighted by Gasteiger charge is -2.21. The molecule has 3 unspecified atom stereocenters. The summed E-state index contributed by atoms with van der Waals surface area (Å²) < 4.78 is 0. The van der Waals surface area contributed by atoms with Crippen LogP contribution >= 0.6 is 0 Å². The Kier molecular flexibility index (Phi) is 4.93. The Morgan fingerprint density at radius 3 is 3.04 bits per heavy atom. The molecule has 9 heteroatoms. The predicted octanol–water partition coefficient (Wildman–Crippen LogP) is -0.246. The minimum atomic E-state index is -0.404. The summed E-state index contributed by atoms with van der Waals surface area (Å²) in [6.45, 7) is 3.13. The van der Waals surface area contributed by atoms with Crippen LogP contribution in [0.5, 0.6) is 0 Å². The maximum Gasteiger partial charge on any atom is 0.221 e. The van der Waals surface area contributed by atoms with E-state index < -0.39 is 5.92 Å². The molecule has 2 aromatic rings. The van der Waals surface area contributed by atoms with E-state index in [1.165, 1.54) is 0 Å². The van der Waals surface area contributed by atoms with Crippen molar-refractivity contribution in [1.29, 1.82) is 0 Å². The zero-order valence-electron chi connectivity index (χ0n) is 15.1. The molecule has 0 radical (unpaired) electrons. The van der Waals surface area contributed by atoms with Gasteiger partial charge in [0.2, 0.25) is 11.8 Å². The Morgan fingerprint density at radius 1 is 1.37 bits per heavy atom. The van der Waals surface area contributed by atoms with Gasteiger partial charge >= 0.3 is 0 Å². The summed E-state index contributed by atoms with van der Waals surface area (Å²) in [6.07, 6.45) is 5.29. The lowest BCUT2D eigenvalue weighted by molar-refractivity contribution is -0.130. The van der Waals surface area contributed by atoms with Crippen molar-refractivity contribution in [2.45, 2.75) is 25.3 Å². The van der Waals surface area contributed by atoms with Crippen molar-refractivity contribution in [3.8, 4) is 0 Å². The number of fused-ring (bicyclic) bond motifs is 1. The third-order valence-corrected chi connectivity index (χ3v) is 5.62.